The number of hydrogen-bond acceptors (Lipinski definition) is 7. The van der Waals surface area contributed by atoms with Gasteiger partial charge in [0.25, 0.3) is 7.82 Å². The third kappa shape index (κ3) is 53.4. The maximum atomic E-state index is 13.5. The Labute approximate surface area is 441 Å². The molecule has 0 bridgehead atoms. The van der Waals surface area contributed by atoms with Gasteiger partial charge in [0.05, 0.1) is 33.8 Å². The first-order valence-electron chi connectivity index (χ1n) is 31.0. The zero-order valence-electron chi connectivity index (χ0n) is 48.2. The number of unbranched alkanes of at least 4 members (excludes halogenated alkanes) is 41. The molecule has 0 rings (SSSR count). The fourth-order valence-electron chi connectivity index (χ4n) is 9.41. The van der Waals surface area contributed by atoms with E-state index in [0.717, 1.165) is 57.8 Å². The van der Waals surface area contributed by atoms with Crippen LogP contribution in [0.25, 0.3) is 0 Å². The molecule has 0 saturated carbocycles. The summed E-state index contributed by atoms with van der Waals surface area (Å²) in [4.78, 5) is 39.9. The number of quaternary nitrogens is 1. The van der Waals surface area contributed by atoms with Crippen LogP contribution in [0.15, 0.2) is 12.2 Å². The van der Waals surface area contributed by atoms with Crippen LogP contribution in [0, 0.1) is 0 Å². The van der Waals surface area contributed by atoms with Crippen LogP contribution in [0.5, 0.6) is 0 Å². The fraction of sp³-hybridized carbons (Fsp3) is 0.934. The molecule has 0 aromatic rings. The summed E-state index contributed by atoms with van der Waals surface area (Å²) in [5.74, 6) is -0.520. The first-order chi connectivity index (χ1) is 34.4. The van der Waals surface area contributed by atoms with Crippen molar-refractivity contribution in [1.82, 2.24) is 5.32 Å². The minimum absolute atomic E-state index is 0.0168. The van der Waals surface area contributed by atoms with Gasteiger partial charge in [-0.15, -0.1) is 0 Å². The molecule has 0 aromatic carbocycles. The van der Waals surface area contributed by atoms with Crippen LogP contribution in [0.4, 0.5) is 0 Å². The minimum atomic E-state index is -4.69. The van der Waals surface area contributed by atoms with Crippen LogP contribution >= 0.6 is 7.82 Å². The molecule has 0 aliphatic rings. The van der Waals surface area contributed by atoms with Gasteiger partial charge in [-0.25, -0.2) is 0 Å². The number of nitrogens with one attached hydrogen (secondary N) is 1. The predicted octanol–water partition coefficient (Wildman–Crippen LogP) is 18.2. The largest absolute Gasteiger partial charge is 0.756 e. The van der Waals surface area contributed by atoms with E-state index in [1.165, 1.54) is 225 Å². The summed E-state index contributed by atoms with van der Waals surface area (Å²) >= 11 is 0. The number of hydrogen-bond donors (Lipinski definition) is 1. The zero-order chi connectivity index (χ0) is 52.2. The van der Waals surface area contributed by atoms with E-state index in [0.29, 0.717) is 17.4 Å². The van der Waals surface area contributed by atoms with E-state index in [1.807, 2.05) is 33.3 Å². The second-order valence-electron chi connectivity index (χ2n) is 22.6. The molecule has 1 amide bonds. The highest BCUT2D eigenvalue weighted by Crippen LogP contribution is 2.38. The van der Waals surface area contributed by atoms with Crippen molar-refractivity contribution in [3.05, 3.63) is 12.2 Å². The van der Waals surface area contributed by atoms with Crippen LogP contribution in [0.1, 0.15) is 316 Å². The van der Waals surface area contributed by atoms with Gasteiger partial charge in [0.15, 0.2) is 0 Å². The van der Waals surface area contributed by atoms with E-state index in [-0.39, 0.29) is 31.5 Å². The summed E-state index contributed by atoms with van der Waals surface area (Å²) in [6, 6.07) is -0.878. The average Bonchev–Trinajstić information content (AvgIpc) is 3.33. The topological polar surface area (TPSA) is 114 Å². The van der Waals surface area contributed by atoms with E-state index in [2.05, 4.69) is 26.1 Å². The molecule has 0 radical (unpaired) electrons. The summed E-state index contributed by atoms with van der Waals surface area (Å²) in [7, 11) is 1.21. The summed E-state index contributed by atoms with van der Waals surface area (Å²) < 4.78 is 30.3. The van der Waals surface area contributed by atoms with Gasteiger partial charge >= 0.3 is 5.97 Å². The van der Waals surface area contributed by atoms with Crippen LogP contribution in [0.2, 0.25) is 0 Å². The number of allylic oxidation sites excluding steroid dienone is 1. The lowest BCUT2D eigenvalue weighted by Gasteiger charge is -2.30. The SMILES string of the molecule is CCCCCCCCCCCCC/C=C/C(OC(=O)CCCCCCCCCCCCCCC)C(COP(=O)([O-])OCC[N+](C)(C)C)NC(=O)CCCCCCCCCCCCCCCCCCCCC. The Kier molecular flexibility index (Phi) is 51.3. The molecule has 71 heavy (non-hydrogen) atoms. The van der Waals surface area contributed by atoms with Crippen molar-refractivity contribution in [3.63, 3.8) is 0 Å². The maximum Gasteiger partial charge on any atom is 0.306 e. The Morgan fingerprint density at radius 2 is 0.803 bits per heavy atom. The van der Waals surface area contributed by atoms with E-state index in [1.54, 1.807) is 0 Å². The lowest BCUT2D eigenvalue weighted by molar-refractivity contribution is -0.870. The molecule has 3 atom stereocenters. The van der Waals surface area contributed by atoms with E-state index < -0.39 is 20.0 Å². The number of esters is 1. The van der Waals surface area contributed by atoms with Gasteiger partial charge < -0.3 is 28.5 Å². The maximum absolute atomic E-state index is 13.5. The molecular formula is C61H121N2O7P. The van der Waals surface area contributed by atoms with Gasteiger partial charge in [0.2, 0.25) is 5.91 Å². The first kappa shape index (κ1) is 69.8. The monoisotopic (exact) mass is 1020 g/mol. The molecule has 0 saturated heterocycles. The number of amides is 1. The van der Waals surface area contributed by atoms with E-state index in [4.69, 9.17) is 13.8 Å². The summed E-state index contributed by atoms with van der Waals surface area (Å²) in [5, 5.41) is 3.04. The highest BCUT2D eigenvalue weighted by molar-refractivity contribution is 7.45. The zero-order valence-corrected chi connectivity index (χ0v) is 49.1. The van der Waals surface area contributed by atoms with Gasteiger partial charge in [-0.05, 0) is 31.8 Å². The molecule has 0 spiro atoms. The Morgan fingerprint density at radius 1 is 0.479 bits per heavy atom. The molecule has 0 heterocycles. The summed E-state index contributed by atoms with van der Waals surface area (Å²) in [6.45, 7) is 6.89. The van der Waals surface area contributed by atoms with Crippen LogP contribution in [-0.4, -0.2) is 69.4 Å². The molecular weight excluding hydrogens is 904 g/mol. The smallest absolute Gasteiger partial charge is 0.306 e. The number of carbonyl (C=O) groups excluding carboxylic acids is 2. The number of phosphoric ester groups is 1. The van der Waals surface area contributed by atoms with Gasteiger partial charge in [-0.2, -0.15) is 0 Å². The molecule has 0 aliphatic heterocycles. The quantitative estimate of drug-likeness (QED) is 0.0212. The summed E-state index contributed by atoms with van der Waals surface area (Å²) in [6.07, 6.45) is 58.8. The van der Waals surface area contributed by atoms with Gasteiger partial charge in [-0.1, -0.05) is 284 Å². The molecule has 10 heteroatoms. The van der Waals surface area contributed by atoms with Crippen molar-refractivity contribution in [1.29, 1.82) is 0 Å². The van der Waals surface area contributed by atoms with Crippen molar-refractivity contribution >= 4 is 19.7 Å². The number of likely N-dealkylation sites (N-methyl/N-ethyl adjacent to an activating group) is 1. The Bertz CT molecular complexity index is 1230. The molecule has 0 fully saturated rings. The molecule has 3 unspecified atom stereocenters. The normalized spacial score (nSPS) is 13.7. The Morgan fingerprint density at radius 3 is 1.15 bits per heavy atom. The van der Waals surface area contributed by atoms with Crippen molar-refractivity contribution in [2.45, 2.75) is 328 Å². The lowest BCUT2D eigenvalue weighted by Crippen LogP contribution is -2.47. The number of ether oxygens (including phenoxy) is 1. The Hall–Kier alpha value is -1.25. The number of carbonyl (C=O) groups is 2. The second kappa shape index (κ2) is 52.2. The van der Waals surface area contributed by atoms with Crippen LogP contribution < -0.4 is 10.2 Å². The average molecular weight is 1030 g/mol. The van der Waals surface area contributed by atoms with Crippen LogP contribution in [-0.2, 0) is 27.9 Å². The van der Waals surface area contributed by atoms with Crippen molar-refractivity contribution in [3.8, 4) is 0 Å². The molecule has 422 valence electrons. The molecule has 0 aliphatic carbocycles. The minimum Gasteiger partial charge on any atom is -0.756 e. The van der Waals surface area contributed by atoms with Gasteiger partial charge in [0, 0.05) is 12.8 Å². The van der Waals surface area contributed by atoms with E-state index in [9.17, 15) is 19.0 Å². The predicted molar refractivity (Wildman–Crippen MR) is 303 cm³/mol. The Balaban J connectivity index is 5.22. The first-order valence-corrected chi connectivity index (χ1v) is 32.5. The highest BCUT2D eigenvalue weighted by atomic mass is 31.2. The van der Waals surface area contributed by atoms with Gasteiger partial charge in [0.1, 0.15) is 19.3 Å². The standard InChI is InChI=1S/C61H121N2O7P/c1-7-10-13-16-19-22-25-28-29-30-31-32-33-36-38-41-44-47-50-53-60(64)62-58(57-69-71(66,67)68-56-55-63(4,5)6)59(52-49-46-43-40-37-34-26-23-20-17-14-11-8-2)70-61(65)54-51-48-45-42-39-35-27-24-21-18-15-12-9-3/h49,52,58-59H,7-48,50-51,53-57H2,1-6H3,(H-,62,64,66,67)/b52-49+. The second-order valence-corrected chi connectivity index (χ2v) is 24.0. The lowest BCUT2D eigenvalue weighted by atomic mass is 10.0. The van der Waals surface area contributed by atoms with Crippen LogP contribution in [0.3, 0.4) is 0 Å². The molecule has 9 nitrogen and oxygen atoms in total. The van der Waals surface area contributed by atoms with Crippen molar-refractivity contribution < 1.29 is 37.3 Å². The fourth-order valence-corrected chi connectivity index (χ4v) is 10.1. The van der Waals surface area contributed by atoms with Crippen molar-refractivity contribution in [2.24, 2.45) is 0 Å². The highest BCUT2D eigenvalue weighted by Gasteiger charge is 2.27. The molecule has 0 aromatic heterocycles. The summed E-state index contributed by atoms with van der Waals surface area (Å²) in [5.41, 5.74) is 0. The number of phosphoric acid groups is 1. The van der Waals surface area contributed by atoms with Gasteiger partial charge in [-0.3, -0.25) is 14.2 Å². The third-order valence-electron chi connectivity index (χ3n) is 14.2. The van der Waals surface area contributed by atoms with Crippen molar-refractivity contribution in [2.75, 3.05) is 40.9 Å². The molecule has 1 N–H and O–H groups in total. The third-order valence-corrected chi connectivity index (χ3v) is 15.2. The number of nitrogens with zero attached hydrogens (tertiary/aromatic N) is 1. The van der Waals surface area contributed by atoms with E-state index >= 15 is 0 Å². The number of rotatable bonds is 57.